The van der Waals surface area contributed by atoms with Crippen molar-refractivity contribution in [1.29, 1.82) is 0 Å². The molecule has 2 N–H and O–H groups in total. The van der Waals surface area contributed by atoms with Gasteiger partial charge in [-0.2, -0.15) is 11.8 Å². The maximum Gasteiger partial charge on any atom is 0.178 e. The number of nitrogens with two attached hydrogens (primary N) is 1. The van der Waals surface area contributed by atoms with Gasteiger partial charge in [0, 0.05) is 18.7 Å². The zero-order valence-electron chi connectivity index (χ0n) is 8.91. The highest BCUT2D eigenvalue weighted by atomic mass is 32.2. The predicted molar refractivity (Wildman–Crippen MR) is 58.3 cm³/mol. The summed E-state index contributed by atoms with van der Waals surface area (Å²) in [6, 6.07) is 0. The molecule has 2 fully saturated rings. The first-order chi connectivity index (χ1) is 6.55. The summed E-state index contributed by atoms with van der Waals surface area (Å²) in [6.45, 7) is 5.76. The molecular weight excluding hydrogens is 198 g/mol. The van der Waals surface area contributed by atoms with Gasteiger partial charge in [-0.3, -0.25) is 0 Å². The van der Waals surface area contributed by atoms with Crippen molar-refractivity contribution in [2.24, 2.45) is 11.1 Å². The summed E-state index contributed by atoms with van der Waals surface area (Å²) >= 11 is 1.92. The van der Waals surface area contributed by atoms with Gasteiger partial charge in [-0.25, -0.2) is 0 Å². The summed E-state index contributed by atoms with van der Waals surface area (Å²) in [6.07, 6.45) is 1.09. The van der Waals surface area contributed by atoms with E-state index in [-0.39, 0.29) is 11.9 Å². The molecule has 2 saturated heterocycles. The topological polar surface area (TPSA) is 44.5 Å². The van der Waals surface area contributed by atoms with Crippen LogP contribution in [-0.4, -0.2) is 36.5 Å². The molecule has 0 radical (unpaired) electrons. The first-order valence-electron chi connectivity index (χ1n) is 5.15. The van der Waals surface area contributed by atoms with E-state index in [0.717, 1.165) is 12.2 Å². The summed E-state index contributed by atoms with van der Waals surface area (Å²) < 4.78 is 11.7. The molecule has 2 unspecified atom stereocenters. The predicted octanol–water partition coefficient (Wildman–Crippen LogP) is 1.22. The standard InChI is InChI=1S/C10H19NO2S/c1-9(2)5-10(7-14-6-9)12-4-8(3-11)13-10/h8H,3-7,11H2,1-2H3. The highest BCUT2D eigenvalue weighted by Gasteiger charge is 2.47. The van der Waals surface area contributed by atoms with E-state index in [9.17, 15) is 0 Å². The largest absolute Gasteiger partial charge is 0.346 e. The molecule has 2 aliphatic heterocycles. The van der Waals surface area contributed by atoms with Crippen LogP contribution in [0.25, 0.3) is 0 Å². The van der Waals surface area contributed by atoms with Crippen molar-refractivity contribution in [2.75, 3.05) is 24.7 Å². The van der Waals surface area contributed by atoms with Gasteiger partial charge >= 0.3 is 0 Å². The fourth-order valence-corrected chi connectivity index (χ4v) is 3.54. The molecule has 2 heterocycles. The lowest BCUT2D eigenvalue weighted by Gasteiger charge is -2.40. The lowest BCUT2D eigenvalue weighted by molar-refractivity contribution is -0.170. The number of hydrogen-bond acceptors (Lipinski definition) is 4. The normalized spacial score (nSPS) is 41.8. The molecule has 2 rings (SSSR count). The Hall–Kier alpha value is 0.230. The van der Waals surface area contributed by atoms with Crippen molar-refractivity contribution in [3.63, 3.8) is 0 Å². The minimum absolute atomic E-state index is 0.101. The van der Waals surface area contributed by atoms with Crippen LogP contribution >= 0.6 is 11.8 Å². The van der Waals surface area contributed by atoms with Crippen LogP contribution in [0.15, 0.2) is 0 Å². The number of hydrogen-bond donors (Lipinski definition) is 1. The Morgan fingerprint density at radius 2 is 2.21 bits per heavy atom. The van der Waals surface area contributed by atoms with Gasteiger partial charge in [-0.1, -0.05) is 13.8 Å². The van der Waals surface area contributed by atoms with Crippen molar-refractivity contribution < 1.29 is 9.47 Å². The van der Waals surface area contributed by atoms with Gasteiger partial charge in [0.05, 0.1) is 12.7 Å². The molecule has 0 aliphatic carbocycles. The second kappa shape index (κ2) is 3.67. The van der Waals surface area contributed by atoms with Crippen LogP contribution in [0.3, 0.4) is 0 Å². The van der Waals surface area contributed by atoms with E-state index in [1.54, 1.807) is 0 Å². The molecule has 2 atom stereocenters. The Bertz CT molecular complexity index is 222. The SMILES string of the molecule is CC1(C)CSCC2(C1)OCC(CN)O2. The van der Waals surface area contributed by atoms with Gasteiger partial charge in [0.25, 0.3) is 0 Å². The van der Waals surface area contributed by atoms with E-state index in [0.29, 0.717) is 18.6 Å². The Labute approximate surface area is 89.7 Å². The van der Waals surface area contributed by atoms with E-state index in [4.69, 9.17) is 15.2 Å². The van der Waals surface area contributed by atoms with Crippen molar-refractivity contribution in [1.82, 2.24) is 0 Å². The molecule has 1 spiro atoms. The molecule has 0 aromatic rings. The van der Waals surface area contributed by atoms with Gasteiger partial charge in [0.1, 0.15) is 0 Å². The van der Waals surface area contributed by atoms with Crippen LogP contribution in [0, 0.1) is 5.41 Å². The van der Waals surface area contributed by atoms with Gasteiger partial charge in [-0.15, -0.1) is 0 Å². The average molecular weight is 217 g/mol. The maximum atomic E-state index is 5.91. The molecule has 82 valence electrons. The monoisotopic (exact) mass is 217 g/mol. The second-order valence-electron chi connectivity index (χ2n) is 5.03. The van der Waals surface area contributed by atoms with Crippen LogP contribution in [0.5, 0.6) is 0 Å². The third kappa shape index (κ3) is 2.08. The van der Waals surface area contributed by atoms with E-state index in [1.807, 2.05) is 11.8 Å². The Balaban J connectivity index is 2.03. The van der Waals surface area contributed by atoms with Crippen molar-refractivity contribution in [3.8, 4) is 0 Å². The molecular formula is C10H19NO2S. The first-order valence-corrected chi connectivity index (χ1v) is 6.30. The lowest BCUT2D eigenvalue weighted by atomic mass is 9.87. The molecule has 0 bridgehead atoms. The molecule has 4 heteroatoms. The Morgan fingerprint density at radius 3 is 2.79 bits per heavy atom. The molecule has 0 saturated carbocycles. The molecule has 0 aromatic carbocycles. The van der Waals surface area contributed by atoms with Crippen LogP contribution in [0.2, 0.25) is 0 Å². The number of thioether (sulfide) groups is 1. The molecule has 3 nitrogen and oxygen atoms in total. The van der Waals surface area contributed by atoms with Gasteiger partial charge < -0.3 is 15.2 Å². The smallest absolute Gasteiger partial charge is 0.178 e. The minimum atomic E-state index is -0.337. The number of rotatable bonds is 1. The van der Waals surface area contributed by atoms with Gasteiger partial charge in [0.15, 0.2) is 5.79 Å². The van der Waals surface area contributed by atoms with Crippen LogP contribution in [0.4, 0.5) is 0 Å². The lowest BCUT2D eigenvalue weighted by Crippen LogP contribution is -2.44. The summed E-state index contributed by atoms with van der Waals surface area (Å²) in [7, 11) is 0. The van der Waals surface area contributed by atoms with Crippen molar-refractivity contribution in [2.45, 2.75) is 32.2 Å². The fourth-order valence-electron chi connectivity index (χ4n) is 2.22. The van der Waals surface area contributed by atoms with Gasteiger partial charge in [-0.05, 0) is 11.2 Å². The van der Waals surface area contributed by atoms with Crippen LogP contribution in [0.1, 0.15) is 20.3 Å². The van der Waals surface area contributed by atoms with E-state index < -0.39 is 0 Å². The summed E-state index contributed by atoms with van der Waals surface area (Å²) in [5.74, 6) is 1.80. The fraction of sp³-hybridized carbons (Fsp3) is 1.00. The average Bonchev–Trinajstić information content (AvgIpc) is 2.46. The Kier molecular flexibility index (Phi) is 2.81. The molecule has 2 aliphatic rings. The number of ether oxygens (including phenoxy) is 2. The van der Waals surface area contributed by atoms with Crippen molar-refractivity contribution in [3.05, 3.63) is 0 Å². The highest BCUT2D eigenvalue weighted by molar-refractivity contribution is 7.99. The summed E-state index contributed by atoms with van der Waals surface area (Å²) in [5.41, 5.74) is 5.89. The minimum Gasteiger partial charge on any atom is -0.346 e. The van der Waals surface area contributed by atoms with Gasteiger partial charge in [0.2, 0.25) is 0 Å². The first kappa shape index (κ1) is 10.7. The van der Waals surface area contributed by atoms with E-state index in [1.165, 1.54) is 5.75 Å². The zero-order chi connectivity index (χ0) is 10.2. The zero-order valence-corrected chi connectivity index (χ0v) is 9.73. The third-order valence-electron chi connectivity index (χ3n) is 2.74. The van der Waals surface area contributed by atoms with E-state index >= 15 is 0 Å². The molecule has 14 heavy (non-hydrogen) atoms. The summed E-state index contributed by atoms with van der Waals surface area (Å²) in [4.78, 5) is 0. The maximum absolute atomic E-state index is 5.91. The third-order valence-corrected chi connectivity index (χ3v) is 4.37. The van der Waals surface area contributed by atoms with Crippen LogP contribution in [-0.2, 0) is 9.47 Å². The molecule has 0 amide bonds. The highest BCUT2D eigenvalue weighted by Crippen LogP contribution is 2.44. The van der Waals surface area contributed by atoms with Crippen molar-refractivity contribution >= 4 is 11.8 Å². The van der Waals surface area contributed by atoms with Crippen LogP contribution < -0.4 is 5.73 Å². The molecule has 0 aromatic heterocycles. The Morgan fingerprint density at radius 1 is 1.43 bits per heavy atom. The quantitative estimate of drug-likeness (QED) is 0.717. The second-order valence-corrected chi connectivity index (χ2v) is 6.02. The van der Waals surface area contributed by atoms with E-state index in [2.05, 4.69) is 13.8 Å². The summed E-state index contributed by atoms with van der Waals surface area (Å²) in [5, 5.41) is 0.